The molecule has 2 rings (SSSR count). The zero-order valence-electron chi connectivity index (χ0n) is 8.90. The molecule has 15 heavy (non-hydrogen) atoms. The summed E-state index contributed by atoms with van der Waals surface area (Å²) >= 11 is 0. The van der Waals surface area contributed by atoms with Gasteiger partial charge in [-0.1, -0.05) is 18.2 Å². The lowest BCUT2D eigenvalue weighted by molar-refractivity contribution is 0.0519. The minimum Gasteiger partial charge on any atom is -0.464 e. The van der Waals surface area contributed by atoms with E-state index in [0.717, 1.165) is 16.5 Å². The Bertz CT molecular complexity index is 468. The van der Waals surface area contributed by atoms with Crippen molar-refractivity contribution < 1.29 is 9.52 Å². The Morgan fingerprint density at radius 2 is 2.00 bits per heavy atom. The first-order chi connectivity index (χ1) is 7.00. The summed E-state index contributed by atoms with van der Waals surface area (Å²) in [6.45, 7) is 3.39. The van der Waals surface area contributed by atoms with E-state index in [4.69, 9.17) is 10.2 Å². The van der Waals surface area contributed by atoms with Crippen LogP contribution in [-0.2, 0) is 0 Å². The highest BCUT2D eigenvalue weighted by atomic mass is 16.3. The second-order valence-electron chi connectivity index (χ2n) is 4.32. The smallest absolute Gasteiger partial charge is 0.134 e. The Labute approximate surface area is 88.5 Å². The topological polar surface area (TPSA) is 59.4 Å². The highest BCUT2D eigenvalue weighted by Gasteiger charge is 2.27. The zero-order chi connectivity index (χ0) is 11.1. The van der Waals surface area contributed by atoms with E-state index < -0.39 is 11.6 Å². The van der Waals surface area contributed by atoms with Crippen LogP contribution in [0.2, 0.25) is 0 Å². The van der Waals surface area contributed by atoms with Gasteiger partial charge in [0.15, 0.2) is 0 Å². The summed E-state index contributed by atoms with van der Waals surface area (Å²) in [5.74, 6) is 0. The fourth-order valence-corrected chi connectivity index (χ4v) is 1.62. The van der Waals surface area contributed by atoms with Gasteiger partial charge in [-0.3, -0.25) is 0 Å². The van der Waals surface area contributed by atoms with E-state index in [1.54, 1.807) is 20.1 Å². The molecule has 0 saturated heterocycles. The molecule has 0 aliphatic rings. The quantitative estimate of drug-likeness (QED) is 0.790. The van der Waals surface area contributed by atoms with Crippen molar-refractivity contribution in [3.63, 3.8) is 0 Å². The van der Waals surface area contributed by atoms with Gasteiger partial charge in [0.25, 0.3) is 0 Å². The first-order valence-corrected chi connectivity index (χ1v) is 4.94. The second kappa shape index (κ2) is 3.36. The molecule has 1 aromatic heterocycles. The van der Waals surface area contributed by atoms with Gasteiger partial charge in [-0.05, 0) is 19.9 Å². The standard InChI is InChI=1S/C12H15NO2/c1-12(2,14)11(13)9-7-15-10-6-4-3-5-8(9)10/h3-7,11,14H,13H2,1-2H3. The minimum absolute atomic E-state index is 0.443. The van der Waals surface area contributed by atoms with Crippen LogP contribution < -0.4 is 5.73 Å². The first kappa shape index (κ1) is 10.2. The average Bonchev–Trinajstić information content (AvgIpc) is 2.58. The molecule has 1 unspecified atom stereocenters. The summed E-state index contributed by atoms with van der Waals surface area (Å²) in [7, 11) is 0. The maximum absolute atomic E-state index is 9.85. The van der Waals surface area contributed by atoms with Crippen LogP contribution in [0.5, 0.6) is 0 Å². The van der Waals surface area contributed by atoms with Crippen molar-refractivity contribution in [3.8, 4) is 0 Å². The third-order valence-electron chi connectivity index (χ3n) is 2.61. The van der Waals surface area contributed by atoms with Crippen LogP contribution in [0.4, 0.5) is 0 Å². The third kappa shape index (κ3) is 1.76. The third-order valence-corrected chi connectivity index (χ3v) is 2.61. The maximum atomic E-state index is 9.85. The number of aliphatic hydroxyl groups is 1. The molecule has 1 atom stereocenters. The van der Waals surface area contributed by atoms with E-state index in [9.17, 15) is 5.11 Å². The van der Waals surface area contributed by atoms with E-state index in [0.29, 0.717) is 0 Å². The molecular weight excluding hydrogens is 190 g/mol. The van der Waals surface area contributed by atoms with Crippen LogP contribution in [-0.4, -0.2) is 10.7 Å². The number of rotatable bonds is 2. The molecule has 0 saturated carbocycles. The maximum Gasteiger partial charge on any atom is 0.134 e. The summed E-state index contributed by atoms with van der Waals surface area (Å²) in [5.41, 5.74) is 6.66. The van der Waals surface area contributed by atoms with Crippen LogP contribution >= 0.6 is 0 Å². The molecule has 0 fully saturated rings. The Kier molecular flexibility index (Phi) is 2.29. The van der Waals surface area contributed by atoms with E-state index in [1.807, 2.05) is 24.3 Å². The summed E-state index contributed by atoms with van der Waals surface area (Å²) in [6.07, 6.45) is 1.62. The normalized spacial score (nSPS) is 14.4. The molecule has 0 aliphatic carbocycles. The summed E-state index contributed by atoms with van der Waals surface area (Å²) in [4.78, 5) is 0. The fourth-order valence-electron chi connectivity index (χ4n) is 1.62. The number of hydrogen-bond donors (Lipinski definition) is 2. The zero-order valence-corrected chi connectivity index (χ0v) is 8.90. The Morgan fingerprint density at radius 3 is 2.67 bits per heavy atom. The van der Waals surface area contributed by atoms with Crippen LogP contribution in [0.15, 0.2) is 34.9 Å². The number of hydrogen-bond acceptors (Lipinski definition) is 3. The number of nitrogens with two attached hydrogens (primary N) is 1. The lowest BCUT2D eigenvalue weighted by Crippen LogP contribution is -2.34. The second-order valence-corrected chi connectivity index (χ2v) is 4.32. The Morgan fingerprint density at radius 1 is 1.33 bits per heavy atom. The van der Waals surface area contributed by atoms with Gasteiger partial charge < -0.3 is 15.3 Å². The molecule has 0 spiro atoms. The van der Waals surface area contributed by atoms with Crippen molar-refractivity contribution in [2.75, 3.05) is 0 Å². The predicted molar refractivity (Wildman–Crippen MR) is 59.4 cm³/mol. The molecule has 3 nitrogen and oxygen atoms in total. The Balaban J connectivity index is 2.53. The molecular formula is C12H15NO2. The average molecular weight is 205 g/mol. The van der Waals surface area contributed by atoms with Gasteiger partial charge in [-0.2, -0.15) is 0 Å². The molecule has 0 aliphatic heterocycles. The molecule has 3 N–H and O–H groups in total. The number of furan rings is 1. The first-order valence-electron chi connectivity index (χ1n) is 4.94. The number of benzene rings is 1. The van der Waals surface area contributed by atoms with Gasteiger partial charge in [0.2, 0.25) is 0 Å². The molecule has 0 radical (unpaired) electrons. The predicted octanol–water partition coefficient (Wildman–Crippen LogP) is 2.20. The number of para-hydroxylation sites is 1. The number of fused-ring (bicyclic) bond motifs is 1. The van der Waals surface area contributed by atoms with Gasteiger partial charge in [-0.15, -0.1) is 0 Å². The highest BCUT2D eigenvalue weighted by molar-refractivity contribution is 5.81. The van der Waals surface area contributed by atoms with Crippen LogP contribution in [0.1, 0.15) is 25.5 Å². The van der Waals surface area contributed by atoms with Crippen molar-refractivity contribution in [3.05, 3.63) is 36.1 Å². The summed E-state index contributed by atoms with van der Waals surface area (Å²) < 4.78 is 5.37. The van der Waals surface area contributed by atoms with Gasteiger partial charge in [0.05, 0.1) is 17.9 Å². The molecule has 80 valence electrons. The van der Waals surface area contributed by atoms with E-state index >= 15 is 0 Å². The fraction of sp³-hybridized carbons (Fsp3) is 0.333. The van der Waals surface area contributed by atoms with Gasteiger partial charge in [0, 0.05) is 10.9 Å². The lowest BCUT2D eigenvalue weighted by atomic mass is 9.93. The summed E-state index contributed by atoms with van der Waals surface area (Å²) in [6, 6.07) is 7.22. The van der Waals surface area contributed by atoms with Crippen molar-refractivity contribution >= 4 is 11.0 Å². The van der Waals surface area contributed by atoms with Gasteiger partial charge in [0.1, 0.15) is 5.58 Å². The van der Waals surface area contributed by atoms with Crippen molar-refractivity contribution in [1.29, 1.82) is 0 Å². The van der Waals surface area contributed by atoms with Crippen LogP contribution in [0.3, 0.4) is 0 Å². The molecule has 3 heteroatoms. The van der Waals surface area contributed by atoms with E-state index in [-0.39, 0.29) is 0 Å². The molecule has 1 heterocycles. The van der Waals surface area contributed by atoms with E-state index in [2.05, 4.69) is 0 Å². The minimum atomic E-state index is -0.952. The van der Waals surface area contributed by atoms with Gasteiger partial charge >= 0.3 is 0 Å². The molecule has 0 amide bonds. The largest absolute Gasteiger partial charge is 0.464 e. The molecule has 1 aromatic carbocycles. The van der Waals surface area contributed by atoms with Crippen LogP contribution in [0.25, 0.3) is 11.0 Å². The highest BCUT2D eigenvalue weighted by Crippen LogP contribution is 2.30. The van der Waals surface area contributed by atoms with Gasteiger partial charge in [-0.25, -0.2) is 0 Å². The lowest BCUT2D eigenvalue weighted by Gasteiger charge is -2.24. The van der Waals surface area contributed by atoms with E-state index in [1.165, 1.54) is 0 Å². The molecule has 0 bridgehead atoms. The molecule has 2 aromatic rings. The Hall–Kier alpha value is -1.32. The summed E-state index contributed by atoms with van der Waals surface area (Å²) in [5, 5.41) is 10.8. The van der Waals surface area contributed by atoms with Crippen molar-refractivity contribution in [2.24, 2.45) is 5.73 Å². The van der Waals surface area contributed by atoms with Crippen molar-refractivity contribution in [1.82, 2.24) is 0 Å². The van der Waals surface area contributed by atoms with Crippen molar-refractivity contribution in [2.45, 2.75) is 25.5 Å². The van der Waals surface area contributed by atoms with Crippen LogP contribution in [0, 0.1) is 0 Å². The monoisotopic (exact) mass is 205 g/mol. The SMILES string of the molecule is CC(C)(O)C(N)c1coc2ccccc12.